The fourth-order valence-electron chi connectivity index (χ4n) is 1.46. The van der Waals surface area contributed by atoms with Gasteiger partial charge < -0.3 is 5.73 Å². The van der Waals surface area contributed by atoms with Crippen LogP contribution in [0.15, 0.2) is 18.2 Å². The highest BCUT2D eigenvalue weighted by Crippen LogP contribution is 2.25. The first kappa shape index (κ1) is 12.9. The zero-order valence-electron chi connectivity index (χ0n) is 10.8. The van der Waals surface area contributed by atoms with Crippen molar-refractivity contribution in [3.63, 3.8) is 0 Å². The predicted molar refractivity (Wildman–Crippen MR) is 67.7 cm³/mol. The lowest BCUT2D eigenvalue weighted by atomic mass is 9.78. The Balaban J connectivity index is 3.11. The van der Waals surface area contributed by atoms with E-state index in [1.807, 2.05) is 52.8 Å². The predicted octanol–water partition coefficient (Wildman–Crippen LogP) is 2.86. The van der Waals surface area contributed by atoms with Gasteiger partial charge in [-0.1, -0.05) is 26.0 Å². The van der Waals surface area contributed by atoms with Gasteiger partial charge in [0.15, 0.2) is 5.78 Å². The number of aryl methyl sites for hydroxylation is 2. The summed E-state index contributed by atoms with van der Waals surface area (Å²) < 4.78 is 0. The molecule has 0 saturated heterocycles. The number of Topliss-reactive ketones (excluding diaryl/α,β-unsaturated/α-hetero) is 1. The molecular formula is C14H21NO. The summed E-state index contributed by atoms with van der Waals surface area (Å²) in [6.45, 7) is 9.73. The van der Waals surface area contributed by atoms with E-state index in [1.54, 1.807) is 0 Å². The Morgan fingerprint density at radius 3 is 2.25 bits per heavy atom. The van der Waals surface area contributed by atoms with E-state index in [0.29, 0.717) is 0 Å². The van der Waals surface area contributed by atoms with Crippen LogP contribution in [0.5, 0.6) is 0 Å². The van der Waals surface area contributed by atoms with Gasteiger partial charge in [0.05, 0.1) is 0 Å². The lowest BCUT2D eigenvalue weighted by Crippen LogP contribution is -2.41. The second-order valence-electron chi connectivity index (χ2n) is 5.14. The number of hydrogen-bond donors (Lipinski definition) is 1. The van der Waals surface area contributed by atoms with E-state index in [4.69, 9.17) is 5.73 Å². The molecule has 0 spiro atoms. The molecule has 0 aliphatic heterocycles. The van der Waals surface area contributed by atoms with Crippen LogP contribution in [-0.2, 0) is 0 Å². The molecule has 1 aromatic carbocycles. The van der Waals surface area contributed by atoms with Crippen LogP contribution in [0.3, 0.4) is 0 Å². The molecular weight excluding hydrogens is 198 g/mol. The normalized spacial score (nSPS) is 13.6. The van der Waals surface area contributed by atoms with Crippen molar-refractivity contribution in [2.24, 2.45) is 11.1 Å². The van der Waals surface area contributed by atoms with Gasteiger partial charge in [-0.3, -0.25) is 4.79 Å². The zero-order valence-corrected chi connectivity index (χ0v) is 10.8. The number of rotatable bonds is 3. The second kappa shape index (κ2) is 4.38. The van der Waals surface area contributed by atoms with Crippen LogP contribution in [-0.4, -0.2) is 11.8 Å². The highest BCUT2D eigenvalue weighted by Gasteiger charge is 2.32. The Labute approximate surface area is 97.9 Å². The third-order valence-electron chi connectivity index (χ3n) is 3.49. The molecule has 0 amide bonds. The largest absolute Gasteiger partial charge is 0.327 e. The van der Waals surface area contributed by atoms with Gasteiger partial charge in [0.2, 0.25) is 0 Å². The van der Waals surface area contributed by atoms with Crippen molar-refractivity contribution in [2.75, 3.05) is 0 Å². The first-order chi connectivity index (χ1) is 7.26. The van der Waals surface area contributed by atoms with E-state index in [2.05, 4.69) is 0 Å². The van der Waals surface area contributed by atoms with Crippen molar-refractivity contribution in [3.05, 3.63) is 34.9 Å². The summed E-state index contributed by atoms with van der Waals surface area (Å²) in [5.41, 5.74) is 8.45. The van der Waals surface area contributed by atoms with Gasteiger partial charge in [0, 0.05) is 17.0 Å². The molecule has 2 N–H and O–H groups in total. The number of hydrogen-bond acceptors (Lipinski definition) is 2. The molecule has 0 aliphatic rings. The standard InChI is InChI=1S/C14H21NO/c1-9-6-7-12(8-10(9)2)13(16)14(4,5)11(3)15/h6-8,11H,15H2,1-5H3. The van der Waals surface area contributed by atoms with Crippen LogP contribution in [0.4, 0.5) is 0 Å². The van der Waals surface area contributed by atoms with Gasteiger partial charge in [-0.05, 0) is 38.0 Å². The fourth-order valence-corrected chi connectivity index (χ4v) is 1.46. The van der Waals surface area contributed by atoms with Gasteiger partial charge >= 0.3 is 0 Å². The van der Waals surface area contributed by atoms with Crippen molar-refractivity contribution in [2.45, 2.75) is 40.7 Å². The van der Waals surface area contributed by atoms with E-state index in [9.17, 15) is 4.79 Å². The summed E-state index contributed by atoms with van der Waals surface area (Å²) >= 11 is 0. The van der Waals surface area contributed by atoms with Crippen LogP contribution in [0.2, 0.25) is 0 Å². The Morgan fingerprint density at radius 2 is 1.81 bits per heavy atom. The Hall–Kier alpha value is -1.15. The van der Waals surface area contributed by atoms with Crippen LogP contribution in [0, 0.1) is 19.3 Å². The Kier molecular flexibility index (Phi) is 3.54. The third kappa shape index (κ3) is 2.33. The molecule has 1 unspecified atom stereocenters. The lowest BCUT2D eigenvalue weighted by Gasteiger charge is -2.27. The van der Waals surface area contributed by atoms with Gasteiger partial charge in [0.25, 0.3) is 0 Å². The topological polar surface area (TPSA) is 43.1 Å². The van der Waals surface area contributed by atoms with E-state index in [0.717, 1.165) is 11.1 Å². The molecule has 0 fully saturated rings. The molecule has 2 heteroatoms. The van der Waals surface area contributed by atoms with Crippen molar-refractivity contribution in [1.29, 1.82) is 0 Å². The highest BCUT2D eigenvalue weighted by molar-refractivity contribution is 6.00. The number of carbonyl (C=O) groups excluding carboxylic acids is 1. The number of ketones is 1. The monoisotopic (exact) mass is 219 g/mol. The zero-order chi connectivity index (χ0) is 12.5. The summed E-state index contributed by atoms with van der Waals surface area (Å²) in [6, 6.07) is 5.66. The average molecular weight is 219 g/mol. The molecule has 1 rings (SSSR count). The maximum absolute atomic E-state index is 12.3. The van der Waals surface area contributed by atoms with Crippen LogP contribution >= 0.6 is 0 Å². The summed E-state index contributed by atoms with van der Waals surface area (Å²) in [5, 5.41) is 0. The van der Waals surface area contributed by atoms with Crippen molar-refractivity contribution < 1.29 is 4.79 Å². The highest BCUT2D eigenvalue weighted by atomic mass is 16.1. The molecule has 1 atom stereocenters. The minimum absolute atomic E-state index is 0.116. The molecule has 0 aromatic heterocycles. The van der Waals surface area contributed by atoms with E-state index in [1.165, 1.54) is 5.56 Å². The molecule has 88 valence electrons. The van der Waals surface area contributed by atoms with Gasteiger partial charge in [0.1, 0.15) is 0 Å². The molecule has 16 heavy (non-hydrogen) atoms. The number of benzene rings is 1. The molecule has 0 bridgehead atoms. The molecule has 2 nitrogen and oxygen atoms in total. The Morgan fingerprint density at radius 1 is 1.25 bits per heavy atom. The minimum atomic E-state index is -0.512. The van der Waals surface area contributed by atoms with Crippen molar-refractivity contribution in [3.8, 4) is 0 Å². The summed E-state index contributed by atoms with van der Waals surface area (Å²) in [6.07, 6.45) is 0. The van der Waals surface area contributed by atoms with Crippen molar-refractivity contribution in [1.82, 2.24) is 0 Å². The van der Waals surface area contributed by atoms with Crippen molar-refractivity contribution >= 4 is 5.78 Å². The quantitative estimate of drug-likeness (QED) is 0.794. The Bertz CT molecular complexity index is 405. The molecule has 0 saturated carbocycles. The minimum Gasteiger partial charge on any atom is -0.327 e. The SMILES string of the molecule is Cc1ccc(C(=O)C(C)(C)C(C)N)cc1C. The first-order valence-corrected chi connectivity index (χ1v) is 5.64. The van der Waals surface area contributed by atoms with Gasteiger partial charge in [-0.2, -0.15) is 0 Å². The van der Waals surface area contributed by atoms with E-state index < -0.39 is 5.41 Å². The van der Waals surface area contributed by atoms with Gasteiger partial charge in [-0.15, -0.1) is 0 Å². The molecule has 1 aromatic rings. The molecule has 0 heterocycles. The van der Waals surface area contributed by atoms with Crippen LogP contribution in [0.1, 0.15) is 42.3 Å². The third-order valence-corrected chi connectivity index (χ3v) is 3.49. The summed E-state index contributed by atoms with van der Waals surface area (Å²) in [4.78, 5) is 12.3. The number of carbonyl (C=O) groups is 1. The first-order valence-electron chi connectivity index (χ1n) is 5.64. The number of nitrogens with two attached hydrogens (primary N) is 1. The van der Waals surface area contributed by atoms with Gasteiger partial charge in [-0.25, -0.2) is 0 Å². The summed E-state index contributed by atoms with van der Waals surface area (Å²) in [7, 11) is 0. The maximum atomic E-state index is 12.3. The second-order valence-corrected chi connectivity index (χ2v) is 5.14. The summed E-state index contributed by atoms with van der Waals surface area (Å²) in [5.74, 6) is 0.116. The lowest BCUT2D eigenvalue weighted by molar-refractivity contribution is 0.0811. The smallest absolute Gasteiger partial charge is 0.169 e. The maximum Gasteiger partial charge on any atom is 0.169 e. The van der Waals surface area contributed by atoms with Crippen LogP contribution < -0.4 is 5.73 Å². The van der Waals surface area contributed by atoms with E-state index in [-0.39, 0.29) is 11.8 Å². The fraction of sp³-hybridized carbons (Fsp3) is 0.500. The molecule has 0 aliphatic carbocycles. The van der Waals surface area contributed by atoms with E-state index >= 15 is 0 Å². The average Bonchev–Trinajstić information content (AvgIpc) is 2.20. The molecule has 0 radical (unpaired) electrons. The van der Waals surface area contributed by atoms with Crippen LogP contribution in [0.25, 0.3) is 0 Å².